The monoisotopic (exact) mass is 356 g/mol. The van der Waals surface area contributed by atoms with Crippen LogP contribution in [0.15, 0.2) is 24.3 Å². The summed E-state index contributed by atoms with van der Waals surface area (Å²) in [5.74, 6) is -0.830. The fourth-order valence-electron chi connectivity index (χ4n) is 1.92. The molecule has 2 aromatic rings. The average molecular weight is 356 g/mol. The van der Waals surface area contributed by atoms with E-state index >= 15 is 0 Å². The quantitative estimate of drug-likeness (QED) is 0.861. The normalized spacial score (nSPS) is 10.6. The zero-order valence-corrected chi connectivity index (χ0v) is 12.3. The molecule has 0 aliphatic carbocycles. The molecule has 1 aromatic heterocycles. The summed E-state index contributed by atoms with van der Waals surface area (Å²) in [5, 5.41) is 13.3. The van der Waals surface area contributed by atoms with Crippen molar-refractivity contribution in [1.82, 2.24) is 9.78 Å². The van der Waals surface area contributed by atoms with E-state index in [-0.39, 0.29) is 6.42 Å². The molecular weight excluding hydrogens is 343 g/mol. The van der Waals surface area contributed by atoms with E-state index in [2.05, 4.69) is 27.7 Å². The van der Waals surface area contributed by atoms with Gasteiger partial charge in [0.05, 0.1) is 17.8 Å². The molecule has 0 amide bonds. The molecule has 1 heterocycles. The number of aliphatic carboxylic acids is 1. The van der Waals surface area contributed by atoms with Gasteiger partial charge in [-0.25, -0.2) is 4.68 Å². The van der Waals surface area contributed by atoms with E-state index in [1.54, 1.807) is 4.68 Å². The molecule has 5 heteroatoms. The van der Waals surface area contributed by atoms with Crippen LogP contribution >= 0.6 is 22.6 Å². The summed E-state index contributed by atoms with van der Waals surface area (Å²) in [7, 11) is 0. The molecular formula is C13H13IN2O2. The zero-order valence-electron chi connectivity index (χ0n) is 10.1. The number of aromatic nitrogens is 2. The van der Waals surface area contributed by atoms with Crippen LogP contribution in [0.1, 0.15) is 17.0 Å². The highest BCUT2D eigenvalue weighted by atomic mass is 127. The summed E-state index contributed by atoms with van der Waals surface area (Å²) in [6.07, 6.45) is 0.0159. The third kappa shape index (κ3) is 2.55. The van der Waals surface area contributed by atoms with Gasteiger partial charge >= 0.3 is 5.97 Å². The van der Waals surface area contributed by atoms with Gasteiger partial charge in [-0.3, -0.25) is 4.79 Å². The molecule has 0 saturated heterocycles. The van der Waals surface area contributed by atoms with Gasteiger partial charge in [0.15, 0.2) is 0 Å². The number of rotatable bonds is 3. The van der Waals surface area contributed by atoms with Crippen molar-refractivity contribution in [3.63, 3.8) is 0 Å². The van der Waals surface area contributed by atoms with Crippen molar-refractivity contribution in [3.05, 3.63) is 44.8 Å². The minimum atomic E-state index is -0.830. The highest BCUT2D eigenvalue weighted by Gasteiger charge is 2.15. The van der Waals surface area contributed by atoms with E-state index in [9.17, 15) is 4.79 Å². The first-order valence-corrected chi connectivity index (χ1v) is 6.59. The minimum absolute atomic E-state index is 0.0159. The summed E-state index contributed by atoms with van der Waals surface area (Å²) in [6.45, 7) is 3.74. The van der Waals surface area contributed by atoms with Crippen LogP contribution in [-0.2, 0) is 11.2 Å². The first-order chi connectivity index (χ1) is 8.49. The highest BCUT2D eigenvalue weighted by molar-refractivity contribution is 14.1. The molecule has 18 heavy (non-hydrogen) atoms. The van der Waals surface area contributed by atoms with Crippen molar-refractivity contribution < 1.29 is 9.90 Å². The van der Waals surface area contributed by atoms with Crippen molar-refractivity contribution in [2.75, 3.05) is 0 Å². The lowest BCUT2D eigenvalue weighted by atomic mass is 10.1. The topological polar surface area (TPSA) is 55.1 Å². The fraction of sp³-hybridized carbons (Fsp3) is 0.231. The summed E-state index contributed by atoms with van der Waals surface area (Å²) in [4.78, 5) is 10.8. The minimum Gasteiger partial charge on any atom is -0.481 e. The molecule has 0 unspecified atom stereocenters. The van der Waals surface area contributed by atoms with E-state index < -0.39 is 5.97 Å². The summed E-state index contributed by atoms with van der Waals surface area (Å²) in [6, 6.07) is 7.96. The van der Waals surface area contributed by atoms with Gasteiger partial charge in [-0.05, 0) is 60.7 Å². The Balaban J connectivity index is 2.46. The van der Waals surface area contributed by atoms with Crippen molar-refractivity contribution in [2.45, 2.75) is 20.3 Å². The lowest BCUT2D eigenvalue weighted by molar-refractivity contribution is -0.136. The number of carboxylic acid groups (broad SMARTS) is 1. The Labute approximate surface area is 119 Å². The third-order valence-corrected chi connectivity index (χ3v) is 3.56. The van der Waals surface area contributed by atoms with Gasteiger partial charge in [0, 0.05) is 14.8 Å². The Bertz CT molecular complexity index is 588. The number of hydrogen-bond donors (Lipinski definition) is 1. The van der Waals surface area contributed by atoms with E-state index in [4.69, 9.17) is 5.11 Å². The van der Waals surface area contributed by atoms with Gasteiger partial charge < -0.3 is 5.11 Å². The number of aryl methyl sites for hydroxylation is 1. The van der Waals surface area contributed by atoms with Crippen molar-refractivity contribution in [1.29, 1.82) is 0 Å². The first-order valence-electron chi connectivity index (χ1n) is 5.52. The maximum atomic E-state index is 10.8. The van der Waals surface area contributed by atoms with Gasteiger partial charge in [0.25, 0.3) is 0 Å². The van der Waals surface area contributed by atoms with Crippen LogP contribution in [0.4, 0.5) is 0 Å². The summed E-state index contributed by atoms with van der Waals surface area (Å²) in [5.41, 5.74) is 3.40. The fourth-order valence-corrected chi connectivity index (χ4v) is 2.28. The maximum absolute atomic E-state index is 10.8. The predicted molar refractivity (Wildman–Crippen MR) is 77.1 cm³/mol. The molecule has 0 fully saturated rings. The molecule has 0 bridgehead atoms. The molecule has 0 spiro atoms. The third-order valence-electron chi connectivity index (χ3n) is 2.84. The van der Waals surface area contributed by atoms with Crippen LogP contribution in [0.25, 0.3) is 5.69 Å². The zero-order chi connectivity index (χ0) is 13.3. The smallest absolute Gasteiger partial charge is 0.307 e. The molecule has 0 aliphatic rings. The molecule has 4 nitrogen and oxygen atoms in total. The predicted octanol–water partition coefficient (Wildman–Crippen LogP) is 2.72. The number of halogens is 1. The summed E-state index contributed by atoms with van der Waals surface area (Å²) >= 11 is 2.25. The molecule has 2 rings (SSSR count). The Morgan fingerprint density at radius 2 is 1.94 bits per heavy atom. The molecule has 1 N–H and O–H groups in total. The van der Waals surface area contributed by atoms with Crippen LogP contribution in [0.3, 0.4) is 0 Å². The number of nitrogens with zero attached hydrogens (tertiary/aromatic N) is 2. The second-order valence-corrected chi connectivity index (χ2v) is 5.35. The van der Waals surface area contributed by atoms with Crippen molar-refractivity contribution >= 4 is 28.6 Å². The van der Waals surface area contributed by atoms with E-state index in [0.717, 1.165) is 26.2 Å². The first kappa shape index (κ1) is 13.1. The molecule has 0 aliphatic heterocycles. The summed E-state index contributed by atoms with van der Waals surface area (Å²) < 4.78 is 2.95. The van der Waals surface area contributed by atoms with Crippen molar-refractivity contribution in [2.24, 2.45) is 0 Å². The van der Waals surface area contributed by atoms with Gasteiger partial charge in [-0.15, -0.1) is 0 Å². The van der Waals surface area contributed by atoms with Gasteiger partial charge in [0.1, 0.15) is 0 Å². The maximum Gasteiger partial charge on any atom is 0.307 e. The van der Waals surface area contributed by atoms with Crippen molar-refractivity contribution in [3.8, 4) is 5.69 Å². The Hall–Kier alpha value is -1.37. The van der Waals surface area contributed by atoms with Gasteiger partial charge in [-0.1, -0.05) is 0 Å². The molecule has 94 valence electrons. The van der Waals surface area contributed by atoms with Gasteiger partial charge in [0.2, 0.25) is 0 Å². The van der Waals surface area contributed by atoms with Gasteiger partial charge in [-0.2, -0.15) is 5.10 Å². The number of hydrogen-bond acceptors (Lipinski definition) is 2. The lowest BCUT2D eigenvalue weighted by Gasteiger charge is -2.04. The lowest BCUT2D eigenvalue weighted by Crippen LogP contribution is -2.03. The van der Waals surface area contributed by atoms with Crippen LogP contribution in [0.2, 0.25) is 0 Å². The molecule has 0 saturated carbocycles. The van der Waals surface area contributed by atoms with E-state index in [1.807, 2.05) is 38.1 Å². The number of carbonyl (C=O) groups is 1. The standard InChI is InChI=1S/C13H13IN2O2/c1-8-12(7-13(17)18)9(2)16(15-8)11-5-3-10(14)4-6-11/h3-6H,7H2,1-2H3,(H,17,18). The number of benzene rings is 1. The van der Waals surface area contributed by atoms with Crippen LogP contribution < -0.4 is 0 Å². The largest absolute Gasteiger partial charge is 0.481 e. The van der Waals surface area contributed by atoms with E-state index in [0.29, 0.717) is 0 Å². The molecule has 0 radical (unpaired) electrons. The Morgan fingerprint density at radius 1 is 1.33 bits per heavy atom. The Morgan fingerprint density at radius 3 is 2.50 bits per heavy atom. The highest BCUT2D eigenvalue weighted by Crippen LogP contribution is 2.19. The Kier molecular flexibility index (Phi) is 3.70. The van der Waals surface area contributed by atoms with E-state index in [1.165, 1.54) is 0 Å². The molecule has 0 atom stereocenters. The second kappa shape index (κ2) is 5.09. The van der Waals surface area contributed by atoms with Crippen LogP contribution in [0, 0.1) is 17.4 Å². The second-order valence-electron chi connectivity index (χ2n) is 4.11. The molecule has 1 aromatic carbocycles. The average Bonchev–Trinajstić information content (AvgIpc) is 2.58. The SMILES string of the molecule is Cc1nn(-c2ccc(I)cc2)c(C)c1CC(=O)O. The van der Waals surface area contributed by atoms with Crippen LogP contribution in [-0.4, -0.2) is 20.9 Å². The number of carboxylic acids is 1. The van der Waals surface area contributed by atoms with Crippen LogP contribution in [0.5, 0.6) is 0 Å².